The molecule has 1 fully saturated rings. The van der Waals surface area contributed by atoms with E-state index in [1.54, 1.807) is 18.9 Å². The topological polar surface area (TPSA) is 98.2 Å². The molecule has 2 rings (SSSR count). The van der Waals surface area contributed by atoms with Crippen LogP contribution >= 0.6 is 11.6 Å². The Bertz CT molecular complexity index is 881. The third-order valence-corrected chi connectivity index (χ3v) is 7.15. The Morgan fingerprint density at radius 1 is 1.34 bits per heavy atom. The van der Waals surface area contributed by atoms with Crippen LogP contribution in [0.5, 0.6) is 5.88 Å². The summed E-state index contributed by atoms with van der Waals surface area (Å²) in [6.07, 6.45) is 2.05. The number of amides is 2. The van der Waals surface area contributed by atoms with E-state index >= 15 is 0 Å². The molecule has 0 radical (unpaired) electrons. The highest BCUT2D eigenvalue weighted by Crippen LogP contribution is 2.23. The van der Waals surface area contributed by atoms with Gasteiger partial charge in [-0.2, -0.15) is 4.36 Å². The summed E-state index contributed by atoms with van der Waals surface area (Å²) in [7, 11) is -1.21. The van der Waals surface area contributed by atoms with Crippen molar-refractivity contribution in [3.05, 3.63) is 22.8 Å². The van der Waals surface area contributed by atoms with Gasteiger partial charge in [0.2, 0.25) is 11.8 Å². The lowest BCUT2D eigenvalue weighted by Crippen LogP contribution is -2.38. The van der Waals surface area contributed by atoms with Crippen molar-refractivity contribution in [2.24, 2.45) is 4.36 Å². The number of hydrogen-bond donors (Lipinski definition) is 0. The number of ether oxygens (including phenoxy) is 2. The van der Waals surface area contributed by atoms with Gasteiger partial charge in [-0.15, -0.1) is 0 Å². The van der Waals surface area contributed by atoms with Gasteiger partial charge in [0.1, 0.15) is 5.02 Å². The van der Waals surface area contributed by atoms with Gasteiger partial charge in [0.15, 0.2) is 0 Å². The van der Waals surface area contributed by atoms with Crippen molar-refractivity contribution in [2.45, 2.75) is 39.2 Å². The van der Waals surface area contributed by atoms with Crippen LogP contribution in [0.25, 0.3) is 0 Å². The van der Waals surface area contributed by atoms with Crippen LogP contribution in [0.2, 0.25) is 5.02 Å². The largest absolute Gasteiger partial charge is 0.477 e. The quantitative estimate of drug-likeness (QED) is 0.667. The Balaban J connectivity index is 2.11. The van der Waals surface area contributed by atoms with Crippen LogP contribution in [0.3, 0.4) is 0 Å². The van der Waals surface area contributed by atoms with E-state index in [-0.39, 0.29) is 46.8 Å². The maximum atomic E-state index is 13.1. The van der Waals surface area contributed by atoms with Crippen LogP contribution in [0.1, 0.15) is 44.0 Å². The van der Waals surface area contributed by atoms with E-state index in [1.165, 1.54) is 12.3 Å². The Kier molecular flexibility index (Phi) is 8.02. The Morgan fingerprint density at radius 3 is 2.69 bits per heavy atom. The molecule has 1 saturated heterocycles. The molecule has 10 heteroatoms. The first-order chi connectivity index (χ1) is 13.6. The molecule has 0 aliphatic carbocycles. The number of methoxy groups -OCH3 is 1. The molecule has 0 bridgehead atoms. The van der Waals surface area contributed by atoms with Gasteiger partial charge in [-0.3, -0.25) is 9.59 Å². The van der Waals surface area contributed by atoms with Crippen LogP contribution in [0, 0.1) is 0 Å². The molecule has 1 aromatic rings. The number of nitrogens with zero attached hydrogens (tertiary/aromatic N) is 3. The number of pyridine rings is 1. The van der Waals surface area contributed by atoms with E-state index in [2.05, 4.69) is 9.35 Å². The lowest BCUT2D eigenvalue weighted by atomic mass is 10.0. The number of aromatic nitrogens is 1. The van der Waals surface area contributed by atoms with Gasteiger partial charge < -0.3 is 14.4 Å². The number of carbonyl (C=O) groups is 2. The fraction of sp³-hybridized carbons (Fsp3) is 0.632. The molecular weight excluding hydrogens is 418 g/mol. The van der Waals surface area contributed by atoms with Crippen LogP contribution in [-0.2, 0) is 19.3 Å². The second-order valence-electron chi connectivity index (χ2n) is 7.40. The van der Waals surface area contributed by atoms with E-state index in [1.807, 2.05) is 13.8 Å². The smallest absolute Gasteiger partial charge is 0.286 e. The van der Waals surface area contributed by atoms with Crippen LogP contribution in [0.15, 0.2) is 16.6 Å². The van der Waals surface area contributed by atoms with Crippen LogP contribution in [-0.4, -0.2) is 69.8 Å². The summed E-state index contributed by atoms with van der Waals surface area (Å²) >= 11 is 6.07. The van der Waals surface area contributed by atoms with E-state index in [0.29, 0.717) is 19.6 Å². The molecule has 162 valence electrons. The molecule has 0 aromatic carbocycles. The third-order valence-electron chi connectivity index (χ3n) is 4.64. The Labute approximate surface area is 177 Å². The van der Waals surface area contributed by atoms with Gasteiger partial charge in [0.05, 0.1) is 33.9 Å². The summed E-state index contributed by atoms with van der Waals surface area (Å²) in [6.45, 7) is 6.65. The number of carbonyl (C=O) groups excluding carboxylic acids is 2. The first-order valence-electron chi connectivity index (χ1n) is 9.47. The standard InChI is InChI=1S/C19H28ClN3O5S/c1-5-28-18-15(20)11-14(13-21-18)17(25)22-29(26)9-6-7-23(8-10-29)16(24)12-19(2,3)27-4/h11,13H,5-10,12H2,1-4H3. The number of hydrogen-bond acceptors (Lipinski definition) is 6. The zero-order valence-electron chi connectivity index (χ0n) is 17.3. The van der Waals surface area contributed by atoms with E-state index in [0.717, 1.165) is 0 Å². The van der Waals surface area contributed by atoms with Crippen molar-refractivity contribution >= 4 is 33.1 Å². The molecule has 0 N–H and O–H groups in total. The number of rotatable bonds is 6. The molecule has 0 saturated carbocycles. The van der Waals surface area contributed by atoms with Crippen molar-refractivity contribution in [3.63, 3.8) is 0 Å². The summed E-state index contributed by atoms with van der Waals surface area (Å²) in [4.78, 5) is 30.7. The van der Waals surface area contributed by atoms with Crippen molar-refractivity contribution in [1.29, 1.82) is 0 Å². The van der Waals surface area contributed by atoms with Crippen molar-refractivity contribution in [2.75, 3.05) is 38.3 Å². The molecule has 2 amide bonds. The van der Waals surface area contributed by atoms with Gasteiger partial charge in [0, 0.05) is 37.9 Å². The maximum absolute atomic E-state index is 13.1. The highest BCUT2D eigenvalue weighted by atomic mass is 35.5. The van der Waals surface area contributed by atoms with E-state index < -0.39 is 21.2 Å². The van der Waals surface area contributed by atoms with Crippen molar-refractivity contribution < 1.29 is 23.3 Å². The van der Waals surface area contributed by atoms with Crippen molar-refractivity contribution in [1.82, 2.24) is 9.88 Å². The minimum atomic E-state index is -2.77. The molecule has 8 nitrogen and oxygen atoms in total. The van der Waals surface area contributed by atoms with Gasteiger partial charge >= 0.3 is 0 Å². The summed E-state index contributed by atoms with van der Waals surface area (Å²) in [6, 6.07) is 1.41. The Hall–Kier alpha value is -1.71. The van der Waals surface area contributed by atoms with Gasteiger partial charge in [-0.1, -0.05) is 11.6 Å². The second-order valence-corrected chi connectivity index (χ2v) is 10.3. The van der Waals surface area contributed by atoms with Gasteiger partial charge in [-0.25, -0.2) is 9.19 Å². The summed E-state index contributed by atoms with van der Waals surface area (Å²) < 4.78 is 27.7. The van der Waals surface area contributed by atoms with E-state index in [4.69, 9.17) is 21.1 Å². The minimum Gasteiger partial charge on any atom is -0.477 e. The van der Waals surface area contributed by atoms with Crippen molar-refractivity contribution in [3.8, 4) is 5.88 Å². The SMILES string of the molecule is CCOc1ncc(C(=O)N=S2(=O)CCCN(C(=O)CC(C)(C)OC)CC2)cc1Cl. The van der Waals surface area contributed by atoms with Gasteiger partial charge in [-0.05, 0) is 33.3 Å². The number of halogens is 1. The van der Waals surface area contributed by atoms with E-state index in [9.17, 15) is 13.8 Å². The molecule has 1 atom stereocenters. The molecular formula is C19H28ClN3O5S. The van der Waals surface area contributed by atoms with Gasteiger partial charge in [0.25, 0.3) is 5.91 Å². The zero-order chi connectivity index (χ0) is 21.7. The fourth-order valence-corrected chi connectivity index (χ4v) is 4.93. The zero-order valence-corrected chi connectivity index (χ0v) is 18.8. The average Bonchev–Trinajstić information content (AvgIpc) is 2.85. The molecule has 0 spiro atoms. The lowest BCUT2D eigenvalue weighted by Gasteiger charge is -2.27. The minimum absolute atomic E-state index is 0.0608. The Morgan fingerprint density at radius 2 is 2.07 bits per heavy atom. The van der Waals surface area contributed by atoms with Crippen LogP contribution in [0.4, 0.5) is 0 Å². The highest BCUT2D eigenvalue weighted by Gasteiger charge is 2.28. The maximum Gasteiger partial charge on any atom is 0.286 e. The molecule has 29 heavy (non-hydrogen) atoms. The fourth-order valence-electron chi connectivity index (χ4n) is 2.83. The predicted octanol–water partition coefficient (Wildman–Crippen LogP) is 2.79. The third kappa shape index (κ3) is 6.65. The predicted molar refractivity (Wildman–Crippen MR) is 112 cm³/mol. The second kappa shape index (κ2) is 9.86. The summed E-state index contributed by atoms with van der Waals surface area (Å²) in [5, 5.41) is 0.196. The molecule has 1 aliphatic rings. The van der Waals surface area contributed by atoms with Crippen LogP contribution < -0.4 is 4.74 Å². The molecule has 1 unspecified atom stereocenters. The average molecular weight is 446 g/mol. The first kappa shape index (κ1) is 23.6. The lowest BCUT2D eigenvalue weighted by molar-refractivity contribution is -0.136. The normalized spacial score (nSPS) is 20.1. The summed E-state index contributed by atoms with van der Waals surface area (Å²) in [5.74, 6) is -0.0515. The first-order valence-corrected chi connectivity index (χ1v) is 11.7. The molecule has 2 heterocycles. The molecule has 1 aliphatic heterocycles. The summed E-state index contributed by atoms with van der Waals surface area (Å²) in [5.41, 5.74) is -0.411. The monoisotopic (exact) mass is 445 g/mol. The highest BCUT2D eigenvalue weighted by molar-refractivity contribution is 7.93. The molecule has 1 aromatic heterocycles.